The van der Waals surface area contributed by atoms with Crippen LogP contribution in [0.5, 0.6) is 0 Å². The van der Waals surface area contributed by atoms with Gasteiger partial charge in [-0.25, -0.2) is 15.0 Å². The Hall–Kier alpha value is -3.00. The first-order chi connectivity index (χ1) is 14.7. The Kier molecular flexibility index (Phi) is 5.08. The highest BCUT2D eigenvalue weighted by Gasteiger charge is 2.21. The van der Waals surface area contributed by atoms with Crippen LogP contribution in [0.3, 0.4) is 0 Å². The van der Waals surface area contributed by atoms with Gasteiger partial charge < -0.3 is 9.80 Å². The molecule has 0 unspecified atom stereocenters. The Labute approximate surface area is 175 Å². The van der Waals surface area contributed by atoms with Gasteiger partial charge in [-0.1, -0.05) is 0 Å². The molecule has 0 bridgehead atoms. The largest absolute Gasteiger partial charge is 0.369 e. The molecule has 1 aromatic carbocycles. The number of rotatable bonds is 4. The molecule has 8 heteroatoms. The molecule has 3 aromatic rings. The fourth-order valence-corrected chi connectivity index (χ4v) is 4.43. The number of hydrogen-bond acceptors (Lipinski definition) is 7. The van der Waals surface area contributed by atoms with Crippen molar-refractivity contribution in [2.75, 3.05) is 49.1 Å². The molecule has 156 valence electrons. The smallest absolute Gasteiger partial charge is 0.253 e. The second kappa shape index (κ2) is 8.02. The molecule has 2 saturated heterocycles. The topological polar surface area (TPSA) is 70.4 Å². The van der Waals surface area contributed by atoms with Crippen molar-refractivity contribution in [3.05, 3.63) is 53.0 Å². The molecule has 0 radical (unpaired) electrons. The van der Waals surface area contributed by atoms with E-state index in [4.69, 9.17) is 0 Å². The summed E-state index contributed by atoms with van der Waals surface area (Å²) in [5.74, 6) is 1.88. The van der Waals surface area contributed by atoms with Crippen LogP contribution in [0, 0.1) is 0 Å². The minimum Gasteiger partial charge on any atom is -0.369 e. The summed E-state index contributed by atoms with van der Waals surface area (Å²) in [5.41, 5.74) is 2.22. The Morgan fingerprint density at radius 2 is 1.70 bits per heavy atom. The third-order valence-electron chi connectivity index (χ3n) is 6.26. The first kappa shape index (κ1) is 19.0. The lowest BCUT2D eigenvalue weighted by molar-refractivity contribution is 0.240. The van der Waals surface area contributed by atoms with Crippen molar-refractivity contribution in [1.82, 2.24) is 24.4 Å². The van der Waals surface area contributed by atoms with Crippen molar-refractivity contribution in [1.29, 1.82) is 0 Å². The van der Waals surface area contributed by atoms with E-state index in [1.165, 1.54) is 24.6 Å². The van der Waals surface area contributed by atoms with E-state index in [2.05, 4.69) is 47.9 Å². The zero-order valence-electron chi connectivity index (χ0n) is 17.4. The highest BCUT2D eigenvalue weighted by molar-refractivity contribution is 5.92. The van der Waals surface area contributed by atoms with Crippen molar-refractivity contribution in [3.8, 4) is 0 Å². The Morgan fingerprint density at radius 1 is 0.900 bits per heavy atom. The molecule has 0 aliphatic carbocycles. The maximum atomic E-state index is 11.8. The number of hydrogen-bond donors (Lipinski definition) is 0. The predicted octanol–water partition coefficient (Wildman–Crippen LogP) is 1.65. The normalized spacial score (nSPS) is 17.8. The van der Waals surface area contributed by atoms with E-state index in [0.29, 0.717) is 6.54 Å². The Morgan fingerprint density at radius 3 is 2.50 bits per heavy atom. The molecule has 0 saturated carbocycles. The molecular formula is C22H27N7O. The van der Waals surface area contributed by atoms with Gasteiger partial charge in [0.2, 0.25) is 0 Å². The van der Waals surface area contributed by atoms with E-state index in [1.54, 1.807) is 24.1 Å². The van der Waals surface area contributed by atoms with Gasteiger partial charge in [0.1, 0.15) is 18.0 Å². The highest BCUT2D eigenvalue weighted by atomic mass is 16.1. The van der Waals surface area contributed by atoms with Gasteiger partial charge in [-0.05, 0) is 31.0 Å². The molecule has 0 N–H and O–H groups in total. The van der Waals surface area contributed by atoms with Gasteiger partial charge in [0.25, 0.3) is 5.56 Å². The van der Waals surface area contributed by atoms with Crippen molar-refractivity contribution < 1.29 is 0 Å². The van der Waals surface area contributed by atoms with Crippen LogP contribution in [0.4, 0.5) is 11.5 Å². The van der Waals surface area contributed by atoms with Crippen LogP contribution in [-0.4, -0.2) is 63.7 Å². The van der Waals surface area contributed by atoms with Crippen molar-refractivity contribution in [2.45, 2.75) is 19.4 Å². The summed E-state index contributed by atoms with van der Waals surface area (Å²) in [6.45, 7) is 6.61. The molecule has 30 heavy (non-hydrogen) atoms. The van der Waals surface area contributed by atoms with Crippen LogP contribution in [0.15, 0.2) is 41.6 Å². The van der Waals surface area contributed by atoms with E-state index < -0.39 is 0 Å². The average Bonchev–Trinajstić information content (AvgIpc) is 3.31. The predicted molar refractivity (Wildman–Crippen MR) is 118 cm³/mol. The number of benzene rings is 1. The van der Waals surface area contributed by atoms with E-state index >= 15 is 0 Å². The molecule has 0 spiro atoms. The van der Waals surface area contributed by atoms with Gasteiger partial charge in [0, 0.05) is 69.7 Å². The van der Waals surface area contributed by atoms with Crippen molar-refractivity contribution >= 4 is 22.4 Å². The summed E-state index contributed by atoms with van der Waals surface area (Å²) in [6, 6.07) is 8.03. The summed E-state index contributed by atoms with van der Waals surface area (Å²) in [6.07, 6.45) is 5.74. The zero-order valence-corrected chi connectivity index (χ0v) is 17.4. The maximum absolute atomic E-state index is 11.8. The van der Waals surface area contributed by atoms with Gasteiger partial charge in [-0.2, -0.15) is 0 Å². The third kappa shape index (κ3) is 3.63. The number of piperazine rings is 1. The van der Waals surface area contributed by atoms with E-state index in [-0.39, 0.29) is 5.56 Å². The average molecular weight is 406 g/mol. The number of aromatic nitrogens is 4. The van der Waals surface area contributed by atoms with Crippen LogP contribution in [0.25, 0.3) is 10.9 Å². The van der Waals surface area contributed by atoms with Crippen LogP contribution in [-0.2, 0) is 13.6 Å². The molecule has 2 aliphatic heterocycles. The Bertz CT molecular complexity index is 1100. The summed E-state index contributed by atoms with van der Waals surface area (Å²) < 4.78 is 1.63. The minimum absolute atomic E-state index is 0.00850. The fraction of sp³-hybridized carbons (Fsp3) is 0.455. The summed E-state index contributed by atoms with van der Waals surface area (Å²) >= 11 is 0. The molecular weight excluding hydrogens is 378 g/mol. The first-order valence-electron chi connectivity index (χ1n) is 10.7. The molecule has 8 nitrogen and oxygen atoms in total. The van der Waals surface area contributed by atoms with Gasteiger partial charge in [-0.3, -0.25) is 14.3 Å². The van der Waals surface area contributed by atoms with E-state index in [9.17, 15) is 4.79 Å². The van der Waals surface area contributed by atoms with Crippen molar-refractivity contribution in [2.24, 2.45) is 7.05 Å². The van der Waals surface area contributed by atoms with Crippen LogP contribution >= 0.6 is 0 Å². The minimum atomic E-state index is -0.00850. The number of fused-ring (bicyclic) bond motifs is 1. The summed E-state index contributed by atoms with van der Waals surface area (Å²) in [5, 5.41) is 1.14. The lowest BCUT2D eigenvalue weighted by Gasteiger charge is -2.36. The van der Waals surface area contributed by atoms with Gasteiger partial charge >= 0.3 is 0 Å². The maximum Gasteiger partial charge on any atom is 0.253 e. The van der Waals surface area contributed by atoms with Crippen molar-refractivity contribution in [3.63, 3.8) is 0 Å². The summed E-state index contributed by atoms with van der Waals surface area (Å²) in [4.78, 5) is 32.5. The van der Waals surface area contributed by atoms with Gasteiger partial charge in [0.15, 0.2) is 0 Å². The molecule has 4 heterocycles. The molecule has 2 fully saturated rings. The van der Waals surface area contributed by atoms with Crippen LogP contribution < -0.4 is 15.4 Å². The summed E-state index contributed by atoms with van der Waals surface area (Å²) in [7, 11) is 1.79. The monoisotopic (exact) mass is 405 g/mol. The van der Waals surface area contributed by atoms with Crippen LogP contribution in [0.1, 0.15) is 18.7 Å². The van der Waals surface area contributed by atoms with Crippen LogP contribution in [0.2, 0.25) is 0 Å². The SMILES string of the molecule is Cn1c(CN2CCN(c3ccc4ncnc(N5CCCC5)c4c3)CC2)nccc1=O. The second-order valence-electron chi connectivity index (χ2n) is 8.11. The van der Waals surface area contributed by atoms with Gasteiger partial charge in [0.05, 0.1) is 12.1 Å². The molecule has 2 aromatic heterocycles. The fourth-order valence-electron chi connectivity index (χ4n) is 4.43. The lowest BCUT2D eigenvalue weighted by Crippen LogP contribution is -2.46. The molecule has 0 amide bonds. The molecule has 5 rings (SSSR count). The van der Waals surface area contributed by atoms with E-state index in [0.717, 1.165) is 61.8 Å². The standard InChI is InChI=1S/C22H27N7O/c1-26-20(23-7-6-21(26)30)15-27-10-12-28(13-11-27)17-4-5-19-18(14-17)22(25-16-24-19)29-8-2-3-9-29/h4-7,14,16H,2-3,8-13,15H2,1H3. The molecule has 2 aliphatic rings. The zero-order chi connectivity index (χ0) is 20.5. The van der Waals surface area contributed by atoms with Gasteiger partial charge in [-0.15, -0.1) is 0 Å². The lowest BCUT2D eigenvalue weighted by atomic mass is 10.1. The number of nitrogens with zero attached hydrogens (tertiary/aromatic N) is 7. The molecule has 0 atom stereocenters. The Balaban J connectivity index is 1.31. The quantitative estimate of drug-likeness (QED) is 0.654. The highest BCUT2D eigenvalue weighted by Crippen LogP contribution is 2.30. The second-order valence-corrected chi connectivity index (χ2v) is 8.11. The van der Waals surface area contributed by atoms with E-state index in [1.807, 2.05) is 0 Å². The number of anilines is 2. The third-order valence-corrected chi connectivity index (χ3v) is 6.26. The first-order valence-corrected chi connectivity index (χ1v) is 10.7.